The van der Waals surface area contributed by atoms with Crippen LogP contribution in [0.15, 0.2) is 18.2 Å². The highest BCUT2D eigenvalue weighted by Crippen LogP contribution is 2.27. The third kappa shape index (κ3) is 3.82. The third-order valence-electron chi connectivity index (χ3n) is 4.24. The van der Waals surface area contributed by atoms with Crippen molar-refractivity contribution < 1.29 is 9.50 Å². The molecule has 1 aromatic rings. The Labute approximate surface area is 125 Å². The van der Waals surface area contributed by atoms with Gasteiger partial charge in [-0.1, -0.05) is 17.9 Å². The van der Waals surface area contributed by atoms with E-state index in [1.165, 1.54) is 25.0 Å². The van der Waals surface area contributed by atoms with Gasteiger partial charge in [0.05, 0.1) is 0 Å². The van der Waals surface area contributed by atoms with Gasteiger partial charge in [0.25, 0.3) is 0 Å². The maximum atomic E-state index is 13.3. The average Bonchev–Trinajstić information content (AvgIpc) is 3.33. The predicted octanol–water partition coefficient (Wildman–Crippen LogP) is 1.45. The average molecular weight is 288 g/mol. The molecule has 2 aliphatic rings. The van der Waals surface area contributed by atoms with E-state index in [9.17, 15) is 4.39 Å². The molecule has 0 unspecified atom stereocenters. The highest BCUT2D eigenvalue weighted by molar-refractivity contribution is 5.41. The fourth-order valence-electron chi connectivity index (χ4n) is 2.90. The molecule has 112 valence electrons. The SMILES string of the molecule is OCC#Cc1cc(F)ccc1CN1CCN(C2CC2)CC1. The van der Waals surface area contributed by atoms with E-state index in [-0.39, 0.29) is 12.4 Å². The zero-order chi connectivity index (χ0) is 14.7. The molecular weight excluding hydrogens is 267 g/mol. The van der Waals surface area contributed by atoms with Crippen molar-refractivity contribution >= 4 is 0 Å². The lowest BCUT2D eigenvalue weighted by atomic mass is 10.1. The highest BCUT2D eigenvalue weighted by atomic mass is 19.1. The van der Waals surface area contributed by atoms with Gasteiger partial charge in [0.1, 0.15) is 12.4 Å². The van der Waals surface area contributed by atoms with Crippen LogP contribution in [0.4, 0.5) is 4.39 Å². The molecule has 2 fully saturated rings. The molecule has 0 bridgehead atoms. The summed E-state index contributed by atoms with van der Waals surface area (Å²) in [5.74, 6) is 5.19. The summed E-state index contributed by atoms with van der Waals surface area (Å²) in [6.45, 7) is 4.97. The summed E-state index contributed by atoms with van der Waals surface area (Å²) in [6, 6.07) is 5.59. The molecule has 0 atom stereocenters. The summed E-state index contributed by atoms with van der Waals surface area (Å²) in [5.41, 5.74) is 1.73. The standard InChI is InChI=1S/C17H21FN2O/c18-16-4-3-15(14(12-16)2-1-11-21)13-19-7-9-20(10-8-19)17-5-6-17/h3-4,12,17,21H,5-11,13H2. The minimum absolute atomic E-state index is 0.198. The van der Waals surface area contributed by atoms with E-state index >= 15 is 0 Å². The lowest BCUT2D eigenvalue weighted by molar-refractivity contribution is 0.121. The van der Waals surface area contributed by atoms with Gasteiger partial charge in [-0.2, -0.15) is 0 Å². The normalized spacial score (nSPS) is 20.1. The van der Waals surface area contributed by atoms with E-state index in [2.05, 4.69) is 21.6 Å². The molecule has 1 aromatic carbocycles. The molecule has 1 N–H and O–H groups in total. The Morgan fingerprint density at radius 1 is 1.19 bits per heavy atom. The van der Waals surface area contributed by atoms with E-state index in [0.29, 0.717) is 5.56 Å². The Kier molecular flexibility index (Phi) is 4.54. The lowest BCUT2D eigenvalue weighted by Gasteiger charge is -2.35. The van der Waals surface area contributed by atoms with E-state index in [4.69, 9.17) is 5.11 Å². The Balaban J connectivity index is 1.64. The van der Waals surface area contributed by atoms with Crippen molar-refractivity contribution in [1.82, 2.24) is 9.80 Å². The second-order valence-electron chi connectivity index (χ2n) is 5.80. The number of aliphatic hydroxyl groups excluding tert-OH is 1. The number of rotatable bonds is 3. The summed E-state index contributed by atoms with van der Waals surface area (Å²) in [7, 11) is 0. The fourth-order valence-corrected chi connectivity index (χ4v) is 2.90. The van der Waals surface area contributed by atoms with Gasteiger partial charge < -0.3 is 5.11 Å². The van der Waals surface area contributed by atoms with Crippen molar-refractivity contribution in [2.24, 2.45) is 0 Å². The van der Waals surface area contributed by atoms with Crippen LogP contribution in [0.2, 0.25) is 0 Å². The molecular formula is C17H21FN2O. The molecule has 0 radical (unpaired) electrons. The molecule has 0 amide bonds. The Hall–Kier alpha value is -1.41. The fraction of sp³-hybridized carbons (Fsp3) is 0.529. The molecule has 1 aliphatic heterocycles. The minimum Gasteiger partial charge on any atom is -0.384 e. The van der Waals surface area contributed by atoms with Crippen molar-refractivity contribution in [2.75, 3.05) is 32.8 Å². The summed E-state index contributed by atoms with van der Waals surface area (Å²) in [4.78, 5) is 4.98. The van der Waals surface area contributed by atoms with Crippen molar-refractivity contribution in [1.29, 1.82) is 0 Å². The van der Waals surface area contributed by atoms with Gasteiger partial charge in [-0.25, -0.2) is 4.39 Å². The molecule has 0 spiro atoms. The third-order valence-corrected chi connectivity index (χ3v) is 4.24. The van der Waals surface area contributed by atoms with Gasteiger partial charge in [0, 0.05) is 44.3 Å². The van der Waals surface area contributed by atoms with E-state index in [1.807, 2.05) is 6.07 Å². The Bertz CT molecular complexity index is 552. The van der Waals surface area contributed by atoms with Crippen molar-refractivity contribution in [3.63, 3.8) is 0 Å². The summed E-state index contributed by atoms with van der Waals surface area (Å²) in [5, 5.41) is 8.81. The number of piperazine rings is 1. The summed E-state index contributed by atoms with van der Waals surface area (Å²) >= 11 is 0. The first-order valence-corrected chi connectivity index (χ1v) is 7.61. The minimum atomic E-state index is -0.278. The molecule has 0 aromatic heterocycles. The van der Waals surface area contributed by atoms with Crippen LogP contribution in [-0.4, -0.2) is 53.7 Å². The first-order valence-electron chi connectivity index (χ1n) is 7.61. The van der Waals surface area contributed by atoms with Gasteiger partial charge >= 0.3 is 0 Å². The van der Waals surface area contributed by atoms with E-state index in [0.717, 1.165) is 44.3 Å². The van der Waals surface area contributed by atoms with Gasteiger partial charge in [0.2, 0.25) is 0 Å². The van der Waals surface area contributed by atoms with Crippen molar-refractivity contribution in [3.8, 4) is 11.8 Å². The van der Waals surface area contributed by atoms with Gasteiger partial charge in [-0.05, 0) is 30.5 Å². The molecule has 1 aliphatic carbocycles. The summed E-state index contributed by atoms with van der Waals surface area (Å²) in [6.07, 6.45) is 2.72. The first-order chi connectivity index (χ1) is 10.3. The molecule has 1 saturated heterocycles. The molecule has 4 heteroatoms. The zero-order valence-corrected chi connectivity index (χ0v) is 12.2. The van der Waals surface area contributed by atoms with Crippen LogP contribution in [-0.2, 0) is 6.54 Å². The van der Waals surface area contributed by atoms with Crippen molar-refractivity contribution in [2.45, 2.75) is 25.4 Å². The molecule has 1 heterocycles. The zero-order valence-electron chi connectivity index (χ0n) is 12.2. The maximum absolute atomic E-state index is 13.3. The van der Waals surface area contributed by atoms with Crippen LogP contribution in [0.25, 0.3) is 0 Å². The number of nitrogens with zero attached hydrogens (tertiary/aromatic N) is 2. The van der Waals surface area contributed by atoms with Crippen LogP contribution in [0.1, 0.15) is 24.0 Å². The van der Waals surface area contributed by atoms with Gasteiger partial charge in [-0.3, -0.25) is 9.80 Å². The van der Waals surface area contributed by atoms with E-state index in [1.54, 1.807) is 0 Å². The van der Waals surface area contributed by atoms with E-state index < -0.39 is 0 Å². The predicted molar refractivity (Wildman–Crippen MR) is 80.2 cm³/mol. The largest absolute Gasteiger partial charge is 0.384 e. The second-order valence-corrected chi connectivity index (χ2v) is 5.80. The second kappa shape index (κ2) is 6.57. The molecule has 21 heavy (non-hydrogen) atoms. The smallest absolute Gasteiger partial charge is 0.124 e. The number of hydrogen-bond donors (Lipinski definition) is 1. The van der Waals surface area contributed by atoms with Gasteiger partial charge in [0.15, 0.2) is 0 Å². The molecule has 3 rings (SSSR count). The lowest BCUT2D eigenvalue weighted by Crippen LogP contribution is -2.46. The summed E-state index contributed by atoms with van der Waals surface area (Å²) < 4.78 is 13.3. The van der Waals surface area contributed by atoms with Crippen LogP contribution in [0.3, 0.4) is 0 Å². The Morgan fingerprint density at radius 3 is 2.62 bits per heavy atom. The van der Waals surface area contributed by atoms with Crippen molar-refractivity contribution in [3.05, 3.63) is 35.1 Å². The highest BCUT2D eigenvalue weighted by Gasteiger charge is 2.31. The molecule has 3 nitrogen and oxygen atoms in total. The van der Waals surface area contributed by atoms with Gasteiger partial charge in [-0.15, -0.1) is 0 Å². The monoisotopic (exact) mass is 288 g/mol. The maximum Gasteiger partial charge on any atom is 0.124 e. The number of aliphatic hydroxyl groups is 1. The Morgan fingerprint density at radius 2 is 1.95 bits per heavy atom. The first kappa shape index (κ1) is 14.5. The number of halogens is 1. The van der Waals surface area contributed by atoms with Crippen LogP contribution in [0, 0.1) is 17.7 Å². The van der Waals surface area contributed by atoms with Crippen LogP contribution in [0.5, 0.6) is 0 Å². The number of benzene rings is 1. The topological polar surface area (TPSA) is 26.7 Å². The van der Waals surface area contributed by atoms with Crippen LogP contribution < -0.4 is 0 Å². The van der Waals surface area contributed by atoms with Crippen LogP contribution >= 0.6 is 0 Å². The molecule has 1 saturated carbocycles. The quantitative estimate of drug-likeness (QED) is 0.853. The number of hydrogen-bond acceptors (Lipinski definition) is 3.